The Morgan fingerprint density at radius 3 is 2.57 bits per heavy atom. The number of nitrogens with one attached hydrogen (secondary N) is 1. The van der Waals surface area contributed by atoms with E-state index in [9.17, 15) is 22.0 Å². The van der Waals surface area contributed by atoms with Crippen LogP contribution in [0.2, 0.25) is 10.0 Å². The van der Waals surface area contributed by atoms with Crippen LogP contribution in [-0.2, 0) is 14.8 Å². The van der Waals surface area contributed by atoms with Gasteiger partial charge in [0.05, 0.1) is 10.9 Å². The summed E-state index contributed by atoms with van der Waals surface area (Å²) in [7, 11) is -3.94. The number of carbonyl (C=O) groups is 1. The first-order chi connectivity index (χ1) is 13.2. The second-order valence-corrected chi connectivity index (χ2v) is 9.15. The SMILES string of the molecule is O=C(Nc1ccc(F)c(F)c1)C1CCCN(S(=O)(=O)c2cc(Cl)ccc2Cl)C1. The molecule has 5 nitrogen and oxygen atoms in total. The highest BCUT2D eigenvalue weighted by molar-refractivity contribution is 7.89. The van der Waals surface area contributed by atoms with Crippen molar-refractivity contribution in [1.29, 1.82) is 0 Å². The molecule has 1 fully saturated rings. The van der Waals surface area contributed by atoms with Gasteiger partial charge >= 0.3 is 0 Å². The lowest BCUT2D eigenvalue weighted by atomic mass is 9.98. The predicted molar refractivity (Wildman–Crippen MR) is 103 cm³/mol. The van der Waals surface area contributed by atoms with E-state index in [0.717, 1.165) is 12.1 Å². The number of halogens is 4. The molecule has 0 aliphatic carbocycles. The van der Waals surface area contributed by atoms with E-state index < -0.39 is 33.5 Å². The van der Waals surface area contributed by atoms with Crippen molar-refractivity contribution in [2.75, 3.05) is 18.4 Å². The molecule has 2 aromatic rings. The number of rotatable bonds is 4. The van der Waals surface area contributed by atoms with Crippen molar-refractivity contribution >= 4 is 44.8 Å². The summed E-state index contributed by atoms with van der Waals surface area (Å²) in [5, 5.41) is 2.77. The molecule has 1 N–H and O–H groups in total. The fraction of sp³-hybridized carbons (Fsp3) is 0.278. The molecule has 1 aliphatic rings. The number of amides is 1. The van der Waals surface area contributed by atoms with E-state index in [2.05, 4.69) is 5.32 Å². The highest BCUT2D eigenvalue weighted by atomic mass is 35.5. The molecular weight excluding hydrogens is 433 g/mol. The van der Waals surface area contributed by atoms with E-state index in [1.165, 1.54) is 28.6 Å². The summed E-state index contributed by atoms with van der Waals surface area (Å²) in [6.45, 7) is 0.181. The van der Waals surface area contributed by atoms with Crippen LogP contribution in [0, 0.1) is 17.6 Å². The molecule has 2 aromatic carbocycles. The van der Waals surface area contributed by atoms with Gasteiger partial charge in [-0.15, -0.1) is 0 Å². The summed E-state index contributed by atoms with van der Waals surface area (Å²) >= 11 is 11.9. The number of hydrogen-bond donors (Lipinski definition) is 1. The highest BCUT2D eigenvalue weighted by Gasteiger charge is 2.34. The number of hydrogen-bond acceptors (Lipinski definition) is 3. The van der Waals surface area contributed by atoms with E-state index >= 15 is 0 Å². The maximum atomic E-state index is 13.3. The van der Waals surface area contributed by atoms with Gasteiger partial charge in [-0.3, -0.25) is 4.79 Å². The van der Waals surface area contributed by atoms with Crippen molar-refractivity contribution in [3.05, 3.63) is 58.1 Å². The standard InChI is InChI=1S/C18H16Cl2F2N2O3S/c19-12-3-5-14(20)17(8-12)28(26,27)24-7-1-2-11(10-24)18(25)23-13-4-6-15(21)16(22)9-13/h3-6,8-9,11H,1-2,7,10H2,(H,23,25). The summed E-state index contributed by atoms with van der Waals surface area (Å²) in [6.07, 6.45) is 0.929. The molecule has 1 atom stereocenters. The predicted octanol–water partition coefficient (Wildman–Crippen LogP) is 4.31. The first-order valence-electron chi connectivity index (χ1n) is 8.39. The molecule has 0 bridgehead atoms. The largest absolute Gasteiger partial charge is 0.326 e. The first-order valence-corrected chi connectivity index (χ1v) is 10.6. The van der Waals surface area contributed by atoms with E-state index in [1.54, 1.807) is 0 Å². The van der Waals surface area contributed by atoms with Crippen LogP contribution in [0.15, 0.2) is 41.3 Å². The lowest BCUT2D eigenvalue weighted by Gasteiger charge is -2.31. The summed E-state index contributed by atoms with van der Waals surface area (Å²) < 4.78 is 53.4. The zero-order chi connectivity index (χ0) is 20.5. The summed E-state index contributed by atoms with van der Waals surface area (Å²) in [6, 6.07) is 7.16. The van der Waals surface area contributed by atoms with Crippen LogP contribution in [0.1, 0.15) is 12.8 Å². The van der Waals surface area contributed by atoms with Crippen molar-refractivity contribution in [3.63, 3.8) is 0 Å². The van der Waals surface area contributed by atoms with Crippen LogP contribution < -0.4 is 5.32 Å². The first kappa shape index (κ1) is 21.0. The lowest BCUT2D eigenvalue weighted by molar-refractivity contribution is -0.120. The molecule has 0 saturated carbocycles. The van der Waals surface area contributed by atoms with E-state index in [4.69, 9.17) is 23.2 Å². The molecule has 3 rings (SSSR count). The molecule has 10 heteroatoms. The van der Waals surface area contributed by atoms with Gasteiger partial charge in [-0.25, -0.2) is 17.2 Å². The Morgan fingerprint density at radius 2 is 1.86 bits per heavy atom. The van der Waals surface area contributed by atoms with Crippen molar-refractivity contribution in [2.45, 2.75) is 17.7 Å². The molecule has 0 spiro atoms. The Labute approximate surface area is 171 Å². The molecule has 1 unspecified atom stereocenters. The van der Waals surface area contributed by atoms with Crippen LogP contribution in [-0.4, -0.2) is 31.7 Å². The normalized spacial score (nSPS) is 18.1. The van der Waals surface area contributed by atoms with Crippen LogP contribution in [0.5, 0.6) is 0 Å². The number of anilines is 1. The van der Waals surface area contributed by atoms with Crippen molar-refractivity contribution < 1.29 is 22.0 Å². The Morgan fingerprint density at radius 1 is 1.11 bits per heavy atom. The minimum absolute atomic E-state index is 0.0396. The second kappa shape index (κ2) is 8.32. The summed E-state index contributed by atoms with van der Waals surface area (Å²) in [5.74, 6) is -3.22. The molecule has 1 heterocycles. The Bertz CT molecular complexity index is 1020. The van der Waals surface area contributed by atoms with Crippen LogP contribution >= 0.6 is 23.2 Å². The van der Waals surface area contributed by atoms with E-state index in [1.807, 2.05) is 0 Å². The van der Waals surface area contributed by atoms with Crippen LogP contribution in [0.4, 0.5) is 14.5 Å². The quantitative estimate of drug-likeness (QED) is 0.757. The average Bonchev–Trinajstić information content (AvgIpc) is 2.66. The monoisotopic (exact) mass is 448 g/mol. The molecule has 0 aromatic heterocycles. The van der Waals surface area contributed by atoms with Gasteiger partial charge in [-0.2, -0.15) is 4.31 Å². The van der Waals surface area contributed by atoms with Gasteiger partial charge in [0.1, 0.15) is 4.90 Å². The van der Waals surface area contributed by atoms with E-state index in [-0.39, 0.29) is 33.7 Å². The van der Waals surface area contributed by atoms with Crippen molar-refractivity contribution in [2.24, 2.45) is 5.92 Å². The maximum absolute atomic E-state index is 13.3. The van der Waals surface area contributed by atoms with Crippen molar-refractivity contribution in [1.82, 2.24) is 4.31 Å². The molecule has 0 radical (unpaired) electrons. The summed E-state index contributed by atoms with van der Waals surface area (Å²) in [5.41, 5.74) is 0.0989. The van der Waals surface area contributed by atoms with Crippen LogP contribution in [0.3, 0.4) is 0 Å². The fourth-order valence-electron chi connectivity index (χ4n) is 3.01. The molecule has 1 amide bonds. The zero-order valence-corrected chi connectivity index (χ0v) is 16.8. The van der Waals surface area contributed by atoms with E-state index in [0.29, 0.717) is 12.8 Å². The van der Waals surface area contributed by atoms with Gasteiger partial charge in [0, 0.05) is 29.9 Å². The number of sulfonamides is 1. The minimum atomic E-state index is -3.94. The molecule has 150 valence electrons. The molecule has 1 saturated heterocycles. The Hall–Kier alpha value is -1.74. The van der Waals surface area contributed by atoms with Gasteiger partial charge < -0.3 is 5.32 Å². The lowest BCUT2D eigenvalue weighted by Crippen LogP contribution is -2.43. The van der Waals surface area contributed by atoms with Crippen molar-refractivity contribution in [3.8, 4) is 0 Å². The fourth-order valence-corrected chi connectivity index (χ4v) is 5.27. The second-order valence-electron chi connectivity index (χ2n) is 6.40. The van der Waals surface area contributed by atoms with Gasteiger partial charge in [-0.05, 0) is 43.2 Å². The average molecular weight is 449 g/mol. The molecule has 1 aliphatic heterocycles. The Balaban J connectivity index is 1.76. The van der Waals surface area contributed by atoms with Gasteiger partial charge in [0.25, 0.3) is 0 Å². The number of piperidine rings is 1. The van der Waals surface area contributed by atoms with Gasteiger partial charge in [0.15, 0.2) is 11.6 Å². The molecule has 28 heavy (non-hydrogen) atoms. The molecular formula is C18H16Cl2F2N2O3S. The van der Waals surface area contributed by atoms with Crippen LogP contribution in [0.25, 0.3) is 0 Å². The van der Waals surface area contributed by atoms with Gasteiger partial charge in [-0.1, -0.05) is 23.2 Å². The summed E-state index contributed by atoms with van der Waals surface area (Å²) in [4.78, 5) is 12.4. The Kier molecular flexibility index (Phi) is 6.24. The number of nitrogens with zero attached hydrogens (tertiary/aromatic N) is 1. The smallest absolute Gasteiger partial charge is 0.244 e. The third-order valence-corrected chi connectivity index (χ3v) is 7.03. The number of benzene rings is 2. The zero-order valence-electron chi connectivity index (χ0n) is 14.5. The maximum Gasteiger partial charge on any atom is 0.244 e. The third kappa shape index (κ3) is 4.46. The number of carbonyl (C=O) groups excluding carboxylic acids is 1. The third-order valence-electron chi connectivity index (χ3n) is 4.45. The van der Waals surface area contributed by atoms with Gasteiger partial charge in [0.2, 0.25) is 15.9 Å². The topological polar surface area (TPSA) is 66.5 Å². The minimum Gasteiger partial charge on any atom is -0.326 e. The highest BCUT2D eigenvalue weighted by Crippen LogP contribution is 2.30.